The number of H-pyrrole nitrogens is 1. The van der Waals surface area contributed by atoms with E-state index in [9.17, 15) is 9.59 Å². The summed E-state index contributed by atoms with van der Waals surface area (Å²) in [6, 6.07) is 16.6. The van der Waals surface area contributed by atoms with Gasteiger partial charge in [0, 0.05) is 18.0 Å². The second-order valence-corrected chi connectivity index (χ2v) is 8.37. The van der Waals surface area contributed by atoms with E-state index in [0.717, 1.165) is 29.9 Å². The van der Waals surface area contributed by atoms with Crippen molar-refractivity contribution in [2.75, 3.05) is 6.54 Å². The van der Waals surface area contributed by atoms with Crippen molar-refractivity contribution in [3.05, 3.63) is 82.4 Å². The number of likely N-dealkylation sites (tertiary alicyclic amines) is 1. The van der Waals surface area contributed by atoms with Gasteiger partial charge in [-0.2, -0.15) is 0 Å². The Hall–Kier alpha value is -3.74. The monoisotopic (exact) mass is 428 g/mol. The molecule has 4 aromatic rings. The summed E-state index contributed by atoms with van der Waals surface area (Å²) in [7, 11) is 0. The Labute approximate surface area is 185 Å². The van der Waals surface area contributed by atoms with Gasteiger partial charge in [0.05, 0.1) is 10.9 Å². The van der Waals surface area contributed by atoms with Gasteiger partial charge in [-0.05, 0) is 25.0 Å². The number of oxazole rings is 1. The highest BCUT2D eigenvalue weighted by molar-refractivity contribution is 5.93. The number of carbonyl (C=O) groups is 1. The summed E-state index contributed by atoms with van der Waals surface area (Å²) < 4.78 is 6.23. The minimum absolute atomic E-state index is 0.0412. The Balaban J connectivity index is 1.52. The molecule has 1 fully saturated rings. The van der Waals surface area contributed by atoms with Crippen molar-refractivity contribution in [1.29, 1.82) is 0 Å². The topological polar surface area (TPSA) is 92.1 Å². The molecule has 0 bridgehead atoms. The molecule has 0 spiro atoms. The van der Waals surface area contributed by atoms with E-state index in [4.69, 9.17) is 9.40 Å². The van der Waals surface area contributed by atoms with Gasteiger partial charge in [0.1, 0.15) is 17.5 Å². The van der Waals surface area contributed by atoms with Gasteiger partial charge in [0.25, 0.3) is 11.5 Å². The fraction of sp³-hybridized carbons (Fsp3) is 0.280. The molecule has 1 unspecified atom stereocenters. The van der Waals surface area contributed by atoms with Crippen LogP contribution in [-0.4, -0.2) is 32.3 Å². The van der Waals surface area contributed by atoms with Crippen LogP contribution < -0.4 is 5.56 Å². The summed E-state index contributed by atoms with van der Waals surface area (Å²) in [5.41, 5.74) is 1.98. The highest BCUT2D eigenvalue weighted by Crippen LogP contribution is 2.37. The molecular weight excluding hydrogens is 404 g/mol. The van der Waals surface area contributed by atoms with Crippen LogP contribution in [-0.2, 0) is 0 Å². The van der Waals surface area contributed by atoms with Gasteiger partial charge in [-0.1, -0.05) is 56.3 Å². The number of nitrogens with zero attached hydrogens (tertiary/aromatic N) is 3. The van der Waals surface area contributed by atoms with E-state index in [2.05, 4.69) is 23.8 Å². The normalized spacial score (nSPS) is 16.2. The molecule has 0 aliphatic carbocycles. The molecular formula is C25H24N4O3. The standard InChI is InChI=1S/C25H24N4O3/c1-15(2)21-20(16-9-4-3-5-10-16)27-24(32-21)19-13-8-14-29(19)25(31)22-26-18-12-7-6-11-17(18)23(30)28-22/h3-7,9-12,15,19H,8,13-14H2,1-2H3,(H,26,28,30). The fourth-order valence-corrected chi connectivity index (χ4v) is 4.28. The van der Waals surface area contributed by atoms with Crippen LogP contribution in [0.1, 0.15) is 60.9 Å². The van der Waals surface area contributed by atoms with Crippen LogP contribution in [0.4, 0.5) is 0 Å². The van der Waals surface area contributed by atoms with E-state index < -0.39 is 0 Å². The Bertz CT molecular complexity index is 1340. The average Bonchev–Trinajstić information content (AvgIpc) is 3.46. The van der Waals surface area contributed by atoms with Gasteiger partial charge < -0.3 is 14.3 Å². The third-order valence-electron chi connectivity index (χ3n) is 5.86. The average molecular weight is 428 g/mol. The third-order valence-corrected chi connectivity index (χ3v) is 5.86. The molecule has 1 aliphatic heterocycles. The molecule has 1 atom stereocenters. The lowest BCUT2D eigenvalue weighted by atomic mass is 10.0. The number of hydrogen-bond acceptors (Lipinski definition) is 5. The molecule has 1 amide bonds. The summed E-state index contributed by atoms with van der Waals surface area (Å²) in [5.74, 6) is 1.21. The summed E-state index contributed by atoms with van der Waals surface area (Å²) in [4.78, 5) is 39.4. The zero-order chi connectivity index (χ0) is 22.2. The van der Waals surface area contributed by atoms with Gasteiger partial charge in [-0.15, -0.1) is 0 Å². The minimum atomic E-state index is -0.320. The van der Waals surface area contributed by atoms with Crippen molar-refractivity contribution in [3.8, 4) is 11.3 Å². The zero-order valence-corrected chi connectivity index (χ0v) is 18.0. The van der Waals surface area contributed by atoms with Crippen LogP contribution in [0.2, 0.25) is 0 Å². The molecule has 7 nitrogen and oxygen atoms in total. The molecule has 3 heterocycles. The van der Waals surface area contributed by atoms with Crippen molar-refractivity contribution in [1.82, 2.24) is 19.9 Å². The molecule has 2 aromatic heterocycles. The van der Waals surface area contributed by atoms with Crippen LogP contribution >= 0.6 is 0 Å². The molecule has 5 rings (SSSR count). The number of hydrogen-bond donors (Lipinski definition) is 1. The van der Waals surface area contributed by atoms with Crippen LogP contribution in [0.25, 0.3) is 22.2 Å². The van der Waals surface area contributed by atoms with Gasteiger partial charge in [0.15, 0.2) is 5.82 Å². The van der Waals surface area contributed by atoms with E-state index in [-0.39, 0.29) is 29.3 Å². The highest BCUT2D eigenvalue weighted by Gasteiger charge is 2.36. The first-order valence-corrected chi connectivity index (χ1v) is 10.9. The molecule has 1 saturated heterocycles. The maximum Gasteiger partial charge on any atom is 0.290 e. The van der Waals surface area contributed by atoms with Gasteiger partial charge in [0.2, 0.25) is 5.89 Å². The predicted octanol–water partition coefficient (Wildman–Crippen LogP) is 4.68. The first kappa shape index (κ1) is 20.2. The number of amides is 1. The number of rotatable bonds is 4. The first-order chi connectivity index (χ1) is 15.5. The molecule has 1 aliphatic rings. The van der Waals surface area contributed by atoms with Gasteiger partial charge in [-0.3, -0.25) is 9.59 Å². The van der Waals surface area contributed by atoms with E-state index in [1.165, 1.54) is 0 Å². The lowest BCUT2D eigenvalue weighted by Crippen LogP contribution is -2.33. The van der Waals surface area contributed by atoms with E-state index in [1.54, 1.807) is 29.2 Å². The quantitative estimate of drug-likeness (QED) is 0.510. The Morgan fingerprint density at radius 1 is 1.09 bits per heavy atom. The predicted molar refractivity (Wildman–Crippen MR) is 121 cm³/mol. The van der Waals surface area contributed by atoms with E-state index >= 15 is 0 Å². The molecule has 1 N–H and O–H groups in total. The highest BCUT2D eigenvalue weighted by atomic mass is 16.4. The number of aromatic nitrogens is 3. The Morgan fingerprint density at radius 2 is 1.84 bits per heavy atom. The van der Waals surface area contributed by atoms with E-state index in [1.807, 2.05) is 30.3 Å². The number of nitrogens with one attached hydrogen (secondary N) is 1. The Kier molecular flexibility index (Phi) is 5.09. The van der Waals surface area contributed by atoms with Crippen LogP contribution in [0.3, 0.4) is 0 Å². The van der Waals surface area contributed by atoms with Crippen LogP contribution in [0, 0.1) is 0 Å². The summed E-state index contributed by atoms with van der Waals surface area (Å²) in [5, 5.41) is 0.462. The van der Waals surface area contributed by atoms with Crippen molar-refractivity contribution < 1.29 is 9.21 Å². The molecule has 7 heteroatoms. The van der Waals surface area contributed by atoms with Crippen molar-refractivity contribution in [3.63, 3.8) is 0 Å². The third kappa shape index (κ3) is 3.49. The summed E-state index contributed by atoms with van der Waals surface area (Å²) >= 11 is 0. The maximum absolute atomic E-state index is 13.3. The van der Waals surface area contributed by atoms with E-state index in [0.29, 0.717) is 23.3 Å². The first-order valence-electron chi connectivity index (χ1n) is 10.9. The summed E-state index contributed by atoms with van der Waals surface area (Å²) in [6.07, 6.45) is 1.57. The number of benzene rings is 2. The number of para-hydroxylation sites is 1. The molecule has 0 saturated carbocycles. The number of fused-ring (bicyclic) bond motifs is 1. The van der Waals surface area contributed by atoms with Crippen molar-refractivity contribution in [2.24, 2.45) is 0 Å². The largest absolute Gasteiger partial charge is 0.442 e. The van der Waals surface area contributed by atoms with Crippen LogP contribution in [0.15, 0.2) is 63.8 Å². The second kappa shape index (κ2) is 8.07. The smallest absolute Gasteiger partial charge is 0.290 e. The molecule has 2 aromatic carbocycles. The Morgan fingerprint density at radius 3 is 2.62 bits per heavy atom. The number of carbonyl (C=O) groups excluding carboxylic acids is 1. The molecule has 162 valence electrons. The lowest BCUT2D eigenvalue weighted by Gasteiger charge is -2.21. The SMILES string of the molecule is CC(C)c1oc(C2CCCN2C(=O)c2nc3ccccc3c(=O)[nH]2)nc1-c1ccccc1. The molecule has 32 heavy (non-hydrogen) atoms. The fourth-order valence-electron chi connectivity index (χ4n) is 4.28. The van der Waals surface area contributed by atoms with Gasteiger partial charge >= 0.3 is 0 Å². The maximum atomic E-state index is 13.3. The lowest BCUT2D eigenvalue weighted by molar-refractivity contribution is 0.0702. The van der Waals surface area contributed by atoms with Crippen LogP contribution in [0.5, 0.6) is 0 Å². The van der Waals surface area contributed by atoms with Gasteiger partial charge in [-0.25, -0.2) is 9.97 Å². The second-order valence-electron chi connectivity index (χ2n) is 8.37. The number of aromatic amines is 1. The molecule has 0 radical (unpaired) electrons. The minimum Gasteiger partial charge on any atom is -0.442 e. The summed E-state index contributed by atoms with van der Waals surface area (Å²) in [6.45, 7) is 4.69. The van der Waals surface area contributed by atoms with Crippen molar-refractivity contribution in [2.45, 2.75) is 38.6 Å². The van der Waals surface area contributed by atoms with Crippen molar-refractivity contribution >= 4 is 16.8 Å². The zero-order valence-electron chi connectivity index (χ0n) is 18.0.